The molecule has 1 unspecified atom stereocenters. The van der Waals surface area contributed by atoms with E-state index >= 15 is 0 Å². The lowest BCUT2D eigenvalue weighted by Crippen LogP contribution is -2.38. The lowest BCUT2D eigenvalue weighted by molar-refractivity contribution is 0.136. The minimum absolute atomic E-state index is 0.753. The van der Waals surface area contributed by atoms with Gasteiger partial charge >= 0.3 is 0 Å². The Balaban J connectivity index is 2.10. The van der Waals surface area contributed by atoms with Crippen LogP contribution in [0.1, 0.15) is 43.7 Å². The molecular formula is C15H24N2. The van der Waals surface area contributed by atoms with Crippen LogP contribution in [-0.4, -0.2) is 17.5 Å². The van der Waals surface area contributed by atoms with E-state index in [1.54, 1.807) is 0 Å². The van der Waals surface area contributed by atoms with Crippen LogP contribution in [0, 0.1) is 6.92 Å². The summed E-state index contributed by atoms with van der Waals surface area (Å²) in [6.45, 7) is 6.68. The number of rotatable bonds is 3. The van der Waals surface area contributed by atoms with Gasteiger partial charge in [-0.05, 0) is 44.4 Å². The molecule has 1 aromatic carbocycles. The molecule has 1 fully saturated rings. The van der Waals surface area contributed by atoms with E-state index in [-0.39, 0.29) is 0 Å². The molecule has 2 rings (SSSR count). The molecule has 0 aliphatic carbocycles. The van der Waals surface area contributed by atoms with Crippen molar-refractivity contribution < 1.29 is 0 Å². The van der Waals surface area contributed by atoms with Gasteiger partial charge in [0.15, 0.2) is 0 Å². The summed E-state index contributed by atoms with van der Waals surface area (Å²) in [5, 5.41) is 0. The first-order valence-electron chi connectivity index (χ1n) is 6.79. The molecule has 2 nitrogen and oxygen atoms in total. The van der Waals surface area contributed by atoms with Gasteiger partial charge < -0.3 is 5.73 Å². The molecule has 0 spiro atoms. The van der Waals surface area contributed by atoms with Crippen molar-refractivity contribution in [1.29, 1.82) is 0 Å². The SMILES string of the molecule is CCC1CCCCN1Cc1cc(C)ccc1N. The van der Waals surface area contributed by atoms with E-state index in [1.165, 1.54) is 43.4 Å². The summed E-state index contributed by atoms with van der Waals surface area (Å²) in [4.78, 5) is 2.61. The summed E-state index contributed by atoms with van der Waals surface area (Å²) in [5.74, 6) is 0. The highest BCUT2D eigenvalue weighted by molar-refractivity contribution is 5.48. The maximum Gasteiger partial charge on any atom is 0.0359 e. The monoisotopic (exact) mass is 232 g/mol. The molecular weight excluding hydrogens is 208 g/mol. The van der Waals surface area contributed by atoms with E-state index in [0.29, 0.717) is 0 Å². The van der Waals surface area contributed by atoms with Crippen molar-refractivity contribution in [3.05, 3.63) is 29.3 Å². The van der Waals surface area contributed by atoms with Gasteiger partial charge in [-0.1, -0.05) is 31.0 Å². The third kappa shape index (κ3) is 3.01. The van der Waals surface area contributed by atoms with Gasteiger partial charge in [0.2, 0.25) is 0 Å². The van der Waals surface area contributed by atoms with E-state index in [2.05, 4.69) is 30.9 Å². The van der Waals surface area contributed by atoms with E-state index in [0.717, 1.165) is 18.3 Å². The Morgan fingerprint density at radius 3 is 2.94 bits per heavy atom. The highest BCUT2D eigenvalue weighted by atomic mass is 15.2. The number of benzene rings is 1. The van der Waals surface area contributed by atoms with Crippen LogP contribution in [-0.2, 0) is 6.54 Å². The summed E-state index contributed by atoms with van der Waals surface area (Å²) in [5.41, 5.74) is 9.61. The minimum atomic E-state index is 0.753. The number of piperidine rings is 1. The predicted molar refractivity (Wildman–Crippen MR) is 73.9 cm³/mol. The zero-order valence-corrected chi connectivity index (χ0v) is 11.1. The number of nitrogens with two attached hydrogens (primary N) is 1. The number of anilines is 1. The standard InChI is InChI=1S/C15H24N2/c1-3-14-6-4-5-9-17(14)11-13-10-12(2)7-8-15(13)16/h7-8,10,14H,3-6,9,11,16H2,1-2H3. The predicted octanol–water partition coefficient (Wildman–Crippen LogP) is 3.34. The van der Waals surface area contributed by atoms with Crippen LogP contribution >= 0.6 is 0 Å². The van der Waals surface area contributed by atoms with Gasteiger partial charge in [0.05, 0.1) is 0 Å². The van der Waals surface area contributed by atoms with Crippen LogP contribution in [0.5, 0.6) is 0 Å². The molecule has 2 N–H and O–H groups in total. The van der Waals surface area contributed by atoms with Crippen molar-refractivity contribution in [2.75, 3.05) is 12.3 Å². The van der Waals surface area contributed by atoms with Gasteiger partial charge in [-0.25, -0.2) is 0 Å². The fraction of sp³-hybridized carbons (Fsp3) is 0.600. The topological polar surface area (TPSA) is 29.3 Å². The first-order valence-corrected chi connectivity index (χ1v) is 6.79. The summed E-state index contributed by atoms with van der Waals surface area (Å²) >= 11 is 0. The van der Waals surface area contributed by atoms with Gasteiger partial charge in [-0.15, -0.1) is 0 Å². The Kier molecular flexibility index (Phi) is 4.06. The smallest absolute Gasteiger partial charge is 0.0359 e. The molecule has 1 aliphatic heterocycles. The van der Waals surface area contributed by atoms with Crippen LogP contribution in [0.4, 0.5) is 5.69 Å². The molecule has 2 heteroatoms. The fourth-order valence-electron chi connectivity index (χ4n) is 2.82. The van der Waals surface area contributed by atoms with Crippen molar-refractivity contribution in [3.8, 4) is 0 Å². The number of aryl methyl sites for hydroxylation is 1. The lowest BCUT2D eigenvalue weighted by atomic mass is 9.98. The van der Waals surface area contributed by atoms with Crippen LogP contribution in [0.3, 0.4) is 0 Å². The first-order chi connectivity index (χ1) is 8.20. The van der Waals surface area contributed by atoms with Crippen LogP contribution < -0.4 is 5.73 Å². The highest BCUT2D eigenvalue weighted by Gasteiger charge is 2.21. The van der Waals surface area contributed by atoms with E-state index < -0.39 is 0 Å². The fourth-order valence-corrected chi connectivity index (χ4v) is 2.82. The maximum atomic E-state index is 6.07. The van der Waals surface area contributed by atoms with Crippen molar-refractivity contribution in [3.63, 3.8) is 0 Å². The average Bonchev–Trinajstić information content (AvgIpc) is 2.34. The zero-order chi connectivity index (χ0) is 12.3. The van der Waals surface area contributed by atoms with E-state index in [4.69, 9.17) is 5.73 Å². The number of nitrogen functional groups attached to an aromatic ring is 1. The van der Waals surface area contributed by atoms with Crippen molar-refractivity contribution in [2.45, 2.75) is 52.1 Å². The number of hydrogen-bond acceptors (Lipinski definition) is 2. The van der Waals surface area contributed by atoms with Crippen LogP contribution in [0.25, 0.3) is 0 Å². The third-order valence-electron chi connectivity index (χ3n) is 3.89. The third-order valence-corrected chi connectivity index (χ3v) is 3.89. The molecule has 0 saturated carbocycles. The van der Waals surface area contributed by atoms with Gasteiger partial charge in [0, 0.05) is 18.3 Å². The second kappa shape index (κ2) is 5.54. The summed E-state index contributed by atoms with van der Waals surface area (Å²) in [6.07, 6.45) is 5.33. The van der Waals surface area contributed by atoms with Gasteiger partial charge in [0.1, 0.15) is 0 Å². The molecule has 1 heterocycles. The molecule has 1 atom stereocenters. The second-order valence-corrected chi connectivity index (χ2v) is 5.23. The Bertz CT molecular complexity index is 373. The van der Waals surface area contributed by atoms with Crippen LogP contribution in [0.15, 0.2) is 18.2 Å². The number of nitrogens with zero attached hydrogens (tertiary/aromatic N) is 1. The molecule has 1 saturated heterocycles. The zero-order valence-electron chi connectivity index (χ0n) is 11.1. The summed E-state index contributed by atoms with van der Waals surface area (Å²) in [6, 6.07) is 7.11. The largest absolute Gasteiger partial charge is 0.398 e. The summed E-state index contributed by atoms with van der Waals surface area (Å²) in [7, 11) is 0. The number of likely N-dealkylation sites (tertiary alicyclic amines) is 1. The minimum Gasteiger partial charge on any atom is -0.398 e. The van der Waals surface area contributed by atoms with Gasteiger partial charge in [-0.2, -0.15) is 0 Å². The Morgan fingerprint density at radius 1 is 1.35 bits per heavy atom. The highest BCUT2D eigenvalue weighted by Crippen LogP contribution is 2.24. The lowest BCUT2D eigenvalue weighted by Gasteiger charge is -2.35. The Hall–Kier alpha value is -1.02. The Morgan fingerprint density at radius 2 is 2.18 bits per heavy atom. The molecule has 1 aliphatic rings. The molecule has 94 valence electrons. The van der Waals surface area contributed by atoms with Gasteiger partial charge in [-0.3, -0.25) is 4.90 Å². The molecule has 0 aromatic heterocycles. The van der Waals surface area contributed by atoms with E-state index in [1.807, 2.05) is 6.07 Å². The molecule has 0 radical (unpaired) electrons. The van der Waals surface area contributed by atoms with Crippen molar-refractivity contribution in [2.24, 2.45) is 0 Å². The molecule has 17 heavy (non-hydrogen) atoms. The van der Waals surface area contributed by atoms with Gasteiger partial charge in [0.25, 0.3) is 0 Å². The average molecular weight is 232 g/mol. The normalized spacial score (nSPS) is 21.6. The molecule has 0 bridgehead atoms. The Labute approximate surface area is 105 Å². The van der Waals surface area contributed by atoms with Crippen molar-refractivity contribution in [1.82, 2.24) is 4.90 Å². The maximum absolute atomic E-state index is 6.07. The molecule has 1 aromatic rings. The second-order valence-electron chi connectivity index (χ2n) is 5.23. The number of hydrogen-bond donors (Lipinski definition) is 1. The first kappa shape index (κ1) is 12.4. The summed E-state index contributed by atoms with van der Waals surface area (Å²) < 4.78 is 0. The quantitative estimate of drug-likeness (QED) is 0.810. The molecule has 0 amide bonds. The van der Waals surface area contributed by atoms with Crippen molar-refractivity contribution >= 4 is 5.69 Å². The van der Waals surface area contributed by atoms with Crippen LogP contribution in [0.2, 0.25) is 0 Å². The van der Waals surface area contributed by atoms with E-state index in [9.17, 15) is 0 Å².